The van der Waals surface area contributed by atoms with Gasteiger partial charge in [0.1, 0.15) is 48.7 Å². The second kappa shape index (κ2) is 4.92. The lowest BCUT2D eigenvalue weighted by Crippen LogP contribution is -2.63. The minimum absolute atomic E-state index is 0.221. The van der Waals surface area contributed by atoms with E-state index in [1.165, 1.54) is 6.08 Å². The van der Waals surface area contributed by atoms with E-state index in [9.17, 15) is 4.57 Å². The van der Waals surface area contributed by atoms with Crippen LogP contribution in [0.1, 0.15) is 6.42 Å². The third kappa shape index (κ3) is 3.12. The number of rotatable bonds is 3. The van der Waals surface area contributed by atoms with Gasteiger partial charge in [0.05, 0.1) is 6.61 Å². The van der Waals surface area contributed by atoms with Crippen LogP contribution in [0.2, 0.25) is 0 Å². The maximum absolute atomic E-state index is 10.8. The Balaban J connectivity index is 2.19. The summed E-state index contributed by atoms with van der Waals surface area (Å²) in [6.45, 7) is 0.221. The molecule has 0 aliphatic carbocycles. The molecule has 3 heterocycles. The van der Waals surface area contributed by atoms with Crippen LogP contribution in [0.25, 0.3) is 0 Å². The summed E-state index contributed by atoms with van der Waals surface area (Å²) in [6, 6.07) is -0.654. The first kappa shape index (κ1) is 14.0. The van der Waals surface area contributed by atoms with Crippen molar-refractivity contribution >= 4 is 38.4 Å². The maximum atomic E-state index is 10.8. The zero-order valence-electron chi connectivity index (χ0n) is 8.73. The quantitative estimate of drug-likeness (QED) is 0.426. The maximum Gasteiger partial charge on any atom is 0.348 e. The van der Waals surface area contributed by atoms with Gasteiger partial charge in [0.15, 0.2) is 0 Å². The zero-order valence-corrected chi connectivity index (χ0v) is 11.8. The summed E-state index contributed by atoms with van der Waals surface area (Å²) in [5.41, 5.74) is -0.912. The van der Waals surface area contributed by atoms with Crippen molar-refractivity contribution in [3.63, 3.8) is 0 Å². The fourth-order valence-corrected chi connectivity index (χ4v) is 2.99. The number of hydrogen-bond acceptors (Lipinski definition) is 4. The van der Waals surface area contributed by atoms with Crippen molar-refractivity contribution in [3.05, 3.63) is 11.9 Å². The molecule has 0 spiro atoms. The molecule has 9 heteroatoms. The van der Waals surface area contributed by atoms with E-state index in [4.69, 9.17) is 30.2 Å². The SMILES string of the molecule is [B]C1O[C@@]2(/C=C/P(=O)(O)O)CO[C@@H]1[C@H](OI)C2. The predicted octanol–water partition coefficient (Wildman–Crippen LogP) is 0.465. The summed E-state index contributed by atoms with van der Waals surface area (Å²) in [4.78, 5) is 17.6. The van der Waals surface area contributed by atoms with Gasteiger partial charge in [0, 0.05) is 18.2 Å². The van der Waals surface area contributed by atoms with Crippen LogP contribution in [0.4, 0.5) is 0 Å². The van der Waals surface area contributed by atoms with E-state index >= 15 is 0 Å². The predicted molar refractivity (Wildman–Crippen MR) is 67.8 cm³/mol. The van der Waals surface area contributed by atoms with Gasteiger partial charge in [-0.1, -0.05) is 0 Å². The molecule has 17 heavy (non-hydrogen) atoms. The summed E-state index contributed by atoms with van der Waals surface area (Å²) in [5.74, 6) is 0.818. The van der Waals surface area contributed by atoms with Crippen LogP contribution in [-0.2, 0) is 17.1 Å². The molecule has 2 N–H and O–H groups in total. The molecule has 0 aromatic rings. The van der Waals surface area contributed by atoms with Crippen molar-refractivity contribution in [2.24, 2.45) is 0 Å². The van der Waals surface area contributed by atoms with Gasteiger partial charge in [-0.2, -0.15) is 0 Å². The molecule has 0 aromatic heterocycles. The van der Waals surface area contributed by atoms with Crippen LogP contribution in [0.15, 0.2) is 11.9 Å². The number of fused-ring (bicyclic) bond motifs is 3. The summed E-state index contributed by atoms with van der Waals surface area (Å²) in [7, 11) is 1.53. The molecule has 3 aliphatic rings. The van der Waals surface area contributed by atoms with Crippen LogP contribution in [0, 0.1) is 0 Å². The van der Waals surface area contributed by atoms with Crippen molar-refractivity contribution < 1.29 is 26.9 Å². The molecular weight excluding hydrogens is 361 g/mol. The van der Waals surface area contributed by atoms with Gasteiger partial charge in [-0.05, 0) is 6.08 Å². The Bertz CT molecular complexity index is 373. The Morgan fingerprint density at radius 2 is 2.29 bits per heavy atom. The highest BCUT2D eigenvalue weighted by Gasteiger charge is 2.50. The van der Waals surface area contributed by atoms with Gasteiger partial charge < -0.3 is 22.3 Å². The van der Waals surface area contributed by atoms with Crippen molar-refractivity contribution in [2.75, 3.05) is 6.61 Å². The van der Waals surface area contributed by atoms with Crippen molar-refractivity contribution in [3.8, 4) is 0 Å². The first-order valence-electron chi connectivity index (χ1n) is 4.93. The Labute approximate surface area is 114 Å². The highest BCUT2D eigenvalue weighted by molar-refractivity contribution is 14.1. The van der Waals surface area contributed by atoms with Crippen LogP contribution < -0.4 is 0 Å². The van der Waals surface area contributed by atoms with E-state index in [0.717, 1.165) is 5.82 Å². The molecule has 1 unspecified atom stereocenters. The van der Waals surface area contributed by atoms with E-state index in [1.54, 1.807) is 23.0 Å². The minimum Gasteiger partial charge on any atom is -0.372 e. The summed E-state index contributed by atoms with van der Waals surface area (Å²) in [6.07, 6.45) is 1.21. The first-order chi connectivity index (χ1) is 7.85. The largest absolute Gasteiger partial charge is 0.372 e. The van der Waals surface area contributed by atoms with Crippen LogP contribution >= 0.6 is 30.6 Å². The normalized spacial score (nSPS) is 42.2. The molecule has 3 saturated heterocycles. The summed E-state index contributed by atoms with van der Waals surface area (Å²) < 4.78 is 27.1. The van der Waals surface area contributed by atoms with Crippen molar-refractivity contribution in [2.45, 2.75) is 30.2 Å². The van der Waals surface area contributed by atoms with Crippen molar-refractivity contribution in [1.82, 2.24) is 0 Å². The summed E-state index contributed by atoms with van der Waals surface area (Å²) in [5, 5.41) is 0. The Morgan fingerprint density at radius 3 is 2.82 bits per heavy atom. The summed E-state index contributed by atoms with van der Waals surface area (Å²) >= 11 is 1.76. The molecule has 3 rings (SSSR count). The van der Waals surface area contributed by atoms with Gasteiger partial charge in [0.2, 0.25) is 0 Å². The van der Waals surface area contributed by atoms with Gasteiger partial charge in [-0.3, -0.25) is 4.57 Å². The molecule has 2 bridgehead atoms. The first-order valence-corrected chi connectivity index (χ1v) is 7.49. The average molecular weight is 372 g/mol. The molecule has 4 atom stereocenters. The second-order valence-corrected chi connectivity index (χ2v) is 6.14. The van der Waals surface area contributed by atoms with Crippen LogP contribution in [0.5, 0.6) is 0 Å². The van der Waals surface area contributed by atoms with E-state index in [1.807, 2.05) is 0 Å². The molecule has 0 saturated carbocycles. The lowest BCUT2D eigenvalue weighted by molar-refractivity contribution is -0.253. The van der Waals surface area contributed by atoms with Crippen LogP contribution in [0.3, 0.4) is 0 Å². The third-order valence-electron chi connectivity index (χ3n) is 2.81. The highest BCUT2D eigenvalue weighted by Crippen LogP contribution is 2.43. The second-order valence-electron chi connectivity index (χ2n) is 4.16. The monoisotopic (exact) mass is 372 g/mol. The molecule has 0 amide bonds. The lowest BCUT2D eigenvalue weighted by atomic mass is 9.79. The molecule has 2 radical (unpaired) electrons. The molecule has 94 valence electrons. The van der Waals surface area contributed by atoms with Crippen molar-refractivity contribution in [1.29, 1.82) is 0 Å². The third-order valence-corrected chi connectivity index (χ3v) is 4.01. The van der Waals surface area contributed by atoms with Gasteiger partial charge in [-0.25, -0.2) is 0 Å². The molecule has 0 aromatic carbocycles. The highest BCUT2D eigenvalue weighted by atomic mass is 127. The van der Waals surface area contributed by atoms with E-state index in [2.05, 4.69) is 0 Å². The van der Waals surface area contributed by atoms with Crippen LogP contribution in [-0.4, -0.2) is 48.1 Å². The lowest BCUT2D eigenvalue weighted by Gasteiger charge is -2.51. The Hall–Kier alpha value is 0.565. The Morgan fingerprint density at radius 1 is 1.59 bits per heavy atom. The van der Waals surface area contributed by atoms with Gasteiger partial charge in [0.25, 0.3) is 0 Å². The number of ether oxygens (including phenoxy) is 2. The zero-order chi connectivity index (χ0) is 12.7. The standard InChI is InChI=1S/C8H11BIO6P/c9-7-6-5(16-10)3-8(15-7,4-14-6)1-2-17(11,12)13/h1-2,5-7H,3-4H2,(H2,11,12,13)/b2-1+/t5-,6-,7?,8-/m1/s1. The fraction of sp³-hybridized carbons (Fsp3) is 0.750. The Kier molecular flexibility index (Phi) is 4.05. The number of hydrogen-bond donors (Lipinski definition) is 2. The fourth-order valence-electron chi connectivity index (χ4n) is 2.06. The minimum atomic E-state index is -4.22. The van der Waals surface area contributed by atoms with Gasteiger partial charge in [-0.15, -0.1) is 0 Å². The van der Waals surface area contributed by atoms with Gasteiger partial charge >= 0.3 is 7.60 Å². The number of halogens is 1. The average Bonchev–Trinajstić information content (AvgIpc) is 2.26. The smallest absolute Gasteiger partial charge is 0.348 e. The molecule has 6 nitrogen and oxygen atoms in total. The van der Waals surface area contributed by atoms with E-state index in [0.29, 0.717) is 6.42 Å². The molecular formula is C8H11BIO6P. The molecule has 3 aliphatic heterocycles. The molecule has 3 fully saturated rings. The van der Waals surface area contributed by atoms with E-state index < -0.39 is 19.2 Å². The van der Waals surface area contributed by atoms with E-state index in [-0.39, 0.29) is 18.8 Å². The topological polar surface area (TPSA) is 85.2 Å².